The number of carbonyl (C=O) groups is 1. The lowest BCUT2D eigenvalue weighted by Crippen LogP contribution is -2.30. The highest BCUT2D eigenvalue weighted by atomic mass is 79.9. The molecule has 0 fully saturated rings. The molecule has 14 heavy (non-hydrogen) atoms. The van der Waals surface area contributed by atoms with Crippen LogP contribution < -0.4 is 11.3 Å². The summed E-state index contributed by atoms with van der Waals surface area (Å²) >= 11 is 3.26. The number of amides is 1. The summed E-state index contributed by atoms with van der Waals surface area (Å²) in [6, 6.07) is 1.72. The van der Waals surface area contributed by atoms with Crippen molar-refractivity contribution < 1.29 is 4.79 Å². The Balaban J connectivity index is 2.89. The van der Waals surface area contributed by atoms with Gasteiger partial charge in [-0.15, -0.1) is 0 Å². The molecule has 4 nitrogen and oxygen atoms in total. The van der Waals surface area contributed by atoms with Crippen LogP contribution in [0.1, 0.15) is 15.9 Å². The van der Waals surface area contributed by atoms with E-state index in [9.17, 15) is 4.79 Å². The Bertz CT molecular complexity index is 352. The highest BCUT2D eigenvalue weighted by molar-refractivity contribution is 9.09. The average molecular weight is 256 g/mol. The third-order valence-electron chi connectivity index (χ3n) is 1.55. The van der Waals surface area contributed by atoms with Crippen molar-refractivity contribution in [3.63, 3.8) is 0 Å². The van der Waals surface area contributed by atoms with Gasteiger partial charge in [-0.3, -0.25) is 15.2 Å². The molecule has 0 aliphatic carbocycles. The summed E-state index contributed by atoms with van der Waals surface area (Å²) < 4.78 is 0. The maximum atomic E-state index is 11.1. The second-order valence-electron chi connectivity index (χ2n) is 2.54. The van der Waals surface area contributed by atoms with Crippen LogP contribution >= 0.6 is 15.9 Å². The van der Waals surface area contributed by atoms with Crippen LogP contribution in [-0.4, -0.2) is 16.2 Å². The Morgan fingerprint density at radius 2 is 2.43 bits per heavy atom. The number of hydrogen-bond donors (Lipinski definition) is 2. The van der Waals surface area contributed by atoms with Gasteiger partial charge in [-0.05, 0) is 11.6 Å². The number of aromatic nitrogens is 1. The zero-order chi connectivity index (χ0) is 10.4. The van der Waals surface area contributed by atoms with E-state index in [4.69, 9.17) is 5.84 Å². The monoisotopic (exact) mass is 255 g/mol. The van der Waals surface area contributed by atoms with E-state index in [1.165, 1.54) is 6.20 Å². The third kappa shape index (κ3) is 2.93. The SMILES string of the molecule is NNC(=O)c1cncc(C=CCBr)c1. The molecule has 74 valence electrons. The Morgan fingerprint density at radius 1 is 1.64 bits per heavy atom. The Labute approximate surface area is 90.3 Å². The number of hydrazine groups is 1. The number of hydrogen-bond acceptors (Lipinski definition) is 3. The number of pyridine rings is 1. The van der Waals surface area contributed by atoms with Crippen molar-refractivity contribution in [2.45, 2.75) is 0 Å². The second kappa shape index (κ2) is 5.51. The molecular weight excluding hydrogens is 246 g/mol. The molecule has 5 heteroatoms. The van der Waals surface area contributed by atoms with E-state index < -0.39 is 0 Å². The van der Waals surface area contributed by atoms with Gasteiger partial charge >= 0.3 is 0 Å². The minimum absolute atomic E-state index is 0.341. The van der Waals surface area contributed by atoms with Crippen molar-refractivity contribution in [2.24, 2.45) is 5.84 Å². The van der Waals surface area contributed by atoms with Crippen LogP contribution in [0.2, 0.25) is 0 Å². The maximum Gasteiger partial charge on any atom is 0.266 e. The normalized spacial score (nSPS) is 10.4. The van der Waals surface area contributed by atoms with Crippen LogP contribution in [0, 0.1) is 0 Å². The van der Waals surface area contributed by atoms with Gasteiger partial charge in [0.1, 0.15) is 0 Å². The molecule has 1 rings (SSSR count). The summed E-state index contributed by atoms with van der Waals surface area (Å²) in [6.45, 7) is 0. The molecule has 0 bridgehead atoms. The summed E-state index contributed by atoms with van der Waals surface area (Å²) in [5.74, 6) is 4.66. The highest BCUT2D eigenvalue weighted by Gasteiger charge is 2.02. The van der Waals surface area contributed by atoms with Crippen LogP contribution in [0.3, 0.4) is 0 Å². The van der Waals surface area contributed by atoms with E-state index >= 15 is 0 Å². The first-order valence-electron chi connectivity index (χ1n) is 3.96. The fourth-order valence-electron chi connectivity index (χ4n) is 0.937. The van der Waals surface area contributed by atoms with E-state index in [1.54, 1.807) is 12.3 Å². The molecule has 3 N–H and O–H groups in total. The lowest BCUT2D eigenvalue weighted by molar-refractivity contribution is 0.0953. The van der Waals surface area contributed by atoms with Gasteiger partial charge in [0.05, 0.1) is 5.56 Å². The van der Waals surface area contributed by atoms with Gasteiger partial charge in [-0.1, -0.05) is 28.1 Å². The number of carbonyl (C=O) groups excluding carboxylic acids is 1. The number of nitrogens with zero attached hydrogens (tertiary/aromatic N) is 1. The van der Waals surface area contributed by atoms with E-state index in [0.717, 1.165) is 10.9 Å². The molecule has 1 heterocycles. The molecular formula is C9H10BrN3O. The van der Waals surface area contributed by atoms with Gasteiger partial charge in [-0.2, -0.15) is 0 Å². The molecule has 0 radical (unpaired) electrons. The number of allylic oxidation sites excluding steroid dienone is 1. The van der Waals surface area contributed by atoms with E-state index in [0.29, 0.717) is 5.56 Å². The lowest BCUT2D eigenvalue weighted by Gasteiger charge is -1.99. The topological polar surface area (TPSA) is 68.0 Å². The van der Waals surface area contributed by atoms with Crippen molar-refractivity contribution in [3.8, 4) is 0 Å². The van der Waals surface area contributed by atoms with E-state index in [-0.39, 0.29) is 5.91 Å². The first kappa shape index (κ1) is 10.9. The van der Waals surface area contributed by atoms with Crippen molar-refractivity contribution in [3.05, 3.63) is 35.7 Å². The highest BCUT2D eigenvalue weighted by Crippen LogP contribution is 2.04. The van der Waals surface area contributed by atoms with Crippen molar-refractivity contribution in [2.75, 3.05) is 5.33 Å². The minimum atomic E-state index is -0.341. The van der Waals surface area contributed by atoms with Crippen molar-refractivity contribution in [1.29, 1.82) is 0 Å². The fourth-order valence-corrected chi connectivity index (χ4v) is 1.12. The number of nitrogen functional groups attached to an aromatic ring is 1. The predicted molar refractivity (Wildman–Crippen MR) is 58.7 cm³/mol. The molecule has 0 atom stereocenters. The molecule has 0 spiro atoms. The summed E-state index contributed by atoms with van der Waals surface area (Å²) in [7, 11) is 0. The fraction of sp³-hybridized carbons (Fsp3) is 0.111. The van der Waals surface area contributed by atoms with Crippen LogP contribution in [0.5, 0.6) is 0 Å². The Morgan fingerprint density at radius 3 is 3.07 bits per heavy atom. The van der Waals surface area contributed by atoms with Gasteiger partial charge in [0.25, 0.3) is 5.91 Å². The molecule has 1 amide bonds. The smallest absolute Gasteiger partial charge is 0.266 e. The number of halogens is 1. The lowest BCUT2D eigenvalue weighted by atomic mass is 10.2. The standard InChI is InChI=1S/C9H10BrN3O/c10-3-1-2-7-4-8(6-12-5-7)9(14)13-11/h1-2,4-6H,3,11H2,(H,13,14). The molecule has 0 aliphatic heterocycles. The zero-order valence-electron chi connectivity index (χ0n) is 7.40. The van der Waals surface area contributed by atoms with E-state index in [1.807, 2.05) is 12.2 Å². The molecule has 1 aromatic rings. The van der Waals surface area contributed by atoms with Gasteiger partial charge in [0.2, 0.25) is 0 Å². The van der Waals surface area contributed by atoms with Crippen LogP contribution in [0.15, 0.2) is 24.5 Å². The molecule has 1 aromatic heterocycles. The molecule has 0 aromatic carbocycles. The van der Waals surface area contributed by atoms with Crippen molar-refractivity contribution >= 4 is 27.9 Å². The third-order valence-corrected chi connectivity index (χ3v) is 1.93. The Hall–Kier alpha value is -1.20. The largest absolute Gasteiger partial charge is 0.290 e. The first-order chi connectivity index (χ1) is 6.77. The van der Waals surface area contributed by atoms with Gasteiger partial charge in [0.15, 0.2) is 0 Å². The van der Waals surface area contributed by atoms with Crippen molar-refractivity contribution in [1.82, 2.24) is 10.4 Å². The summed E-state index contributed by atoms with van der Waals surface area (Å²) in [6.07, 6.45) is 6.93. The minimum Gasteiger partial charge on any atom is -0.290 e. The second-order valence-corrected chi connectivity index (χ2v) is 3.18. The summed E-state index contributed by atoms with van der Waals surface area (Å²) in [5, 5.41) is 0.764. The van der Waals surface area contributed by atoms with Crippen LogP contribution in [0.25, 0.3) is 6.08 Å². The molecule has 0 saturated carbocycles. The number of alkyl halides is 1. The summed E-state index contributed by atoms with van der Waals surface area (Å²) in [4.78, 5) is 15.1. The van der Waals surface area contributed by atoms with E-state index in [2.05, 4.69) is 26.3 Å². The first-order valence-corrected chi connectivity index (χ1v) is 5.08. The summed E-state index contributed by atoms with van der Waals surface area (Å²) in [5.41, 5.74) is 3.37. The molecule has 0 unspecified atom stereocenters. The van der Waals surface area contributed by atoms with Gasteiger partial charge < -0.3 is 0 Å². The number of nitrogens with two attached hydrogens (primary N) is 1. The maximum absolute atomic E-state index is 11.1. The van der Waals surface area contributed by atoms with Crippen LogP contribution in [0.4, 0.5) is 0 Å². The zero-order valence-corrected chi connectivity index (χ0v) is 8.99. The number of rotatable bonds is 3. The van der Waals surface area contributed by atoms with Gasteiger partial charge in [-0.25, -0.2) is 5.84 Å². The van der Waals surface area contributed by atoms with Gasteiger partial charge in [0, 0.05) is 17.7 Å². The predicted octanol–water partition coefficient (Wildman–Crippen LogP) is 1.09. The molecule has 0 saturated heterocycles. The Kier molecular flexibility index (Phi) is 4.28. The average Bonchev–Trinajstić information content (AvgIpc) is 2.25. The molecule has 0 aliphatic rings. The van der Waals surface area contributed by atoms with Crippen LogP contribution in [-0.2, 0) is 0 Å². The quantitative estimate of drug-likeness (QED) is 0.368. The number of nitrogens with one attached hydrogen (secondary N) is 1.